The summed E-state index contributed by atoms with van der Waals surface area (Å²) in [5.74, 6) is 3.63. The van der Waals surface area contributed by atoms with Crippen LogP contribution in [0.4, 0.5) is 0 Å². The summed E-state index contributed by atoms with van der Waals surface area (Å²) >= 11 is 0. The zero-order valence-electron chi connectivity index (χ0n) is 20.4. The van der Waals surface area contributed by atoms with E-state index in [9.17, 15) is 5.11 Å². The number of phenolic OH excluding ortho intramolecular Hbond substituents is 1. The van der Waals surface area contributed by atoms with Crippen LogP contribution in [0.5, 0.6) is 34.5 Å². The number of aromatic hydroxyl groups is 1. The maximum atomic E-state index is 10.7. The normalized spacial score (nSPS) is 14.7. The Hall–Kier alpha value is -3.54. The third-order valence-corrected chi connectivity index (χ3v) is 6.54. The lowest BCUT2D eigenvalue weighted by Gasteiger charge is -2.30. The van der Waals surface area contributed by atoms with Gasteiger partial charge in [-0.25, -0.2) is 0 Å². The number of rotatable bonds is 8. The van der Waals surface area contributed by atoms with Crippen LogP contribution in [0.3, 0.4) is 0 Å². The lowest BCUT2D eigenvalue weighted by Crippen LogP contribution is -2.18. The van der Waals surface area contributed by atoms with E-state index in [0.29, 0.717) is 30.1 Å². The molecule has 3 aromatic rings. The summed E-state index contributed by atoms with van der Waals surface area (Å²) in [4.78, 5) is 0. The Bertz CT molecular complexity index is 1160. The Morgan fingerprint density at radius 2 is 1.53 bits per heavy atom. The van der Waals surface area contributed by atoms with Gasteiger partial charge in [-0.1, -0.05) is 30.3 Å². The molecule has 1 aliphatic rings. The zero-order valence-corrected chi connectivity index (χ0v) is 20.4. The van der Waals surface area contributed by atoms with E-state index in [1.165, 1.54) is 0 Å². The molecule has 1 N–H and O–H groups in total. The molecule has 0 saturated carbocycles. The fraction of sp³-hybridized carbons (Fsp3) is 0.357. The molecular weight excluding hydrogens is 432 g/mol. The van der Waals surface area contributed by atoms with Gasteiger partial charge >= 0.3 is 0 Å². The Kier molecular flexibility index (Phi) is 7.06. The summed E-state index contributed by atoms with van der Waals surface area (Å²) in [7, 11) is 6.50. The van der Waals surface area contributed by atoms with Crippen molar-refractivity contribution in [3.05, 3.63) is 70.3 Å². The molecule has 180 valence electrons. The molecule has 0 aliphatic carbocycles. The number of hydrogen-bond acceptors (Lipinski definition) is 6. The summed E-state index contributed by atoms with van der Waals surface area (Å²) in [5.41, 5.74) is 4.72. The molecule has 1 heterocycles. The van der Waals surface area contributed by atoms with Crippen molar-refractivity contribution in [2.24, 2.45) is 0 Å². The molecule has 0 fully saturated rings. The van der Waals surface area contributed by atoms with Crippen molar-refractivity contribution in [1.82, 2.24) is 0 Å². The summed E-state index contributed by atoms with van der Waals surface area (Å²) in [6.45, 7) is 1.92. The van der Waals surface area contributed by atoms with Crippen LogP contribution in [0.15, 0.2) is 42.5 Å². The molecule has 0 radical (unpaired) electrons. The van der Waals surface area contributed by atoms with Crippen LogP contribution in [0.25, 0.3) is 0 Å². The average molecular weight is 465 g/mol. The minimum atomic E-state index is -0.0459. The first-order valence-corrected chi connectivity index (χ1v) is 11.4. The fourth-order valence-electron chi connectivity index (χ4n) is 4.81. The third kappa shape index (κ3) is 4.32. The van der Waals surface area contributed by atoms with E-state index in [1.54, 1.807) is 34.5 Å². The molecule has 0 unspecified atom stereocenters. The van der Waals surface area contributed by atoms with Crippen LogP contribution >= 0.6 is 0 Å². The van der Waals surface area contributed by atoms with Gasteiger partial charge in [-0.15, -0.1) is 0 Å². The first-order chi connectivity index (χ1) is 16.5. The molecule has 34 heavy (non-hydrogen) atoms. The van der Waals surface area contributed by atoms with Crippen molar-refractivity contribution < 1.29 is 28.8 Å². The van der Waals surface area contributed by atoms with Gasteiger partial charge in [0.25, 0.3) is 0 Å². The summed E-state index contributed by atoms with van der Waals surface area (Å²) in [5, 5.41) is 10.7. The molecule has 0 aromatic heterocycles. The van der Waals surface area contributed by atoms with Crippen LogP contribution < -0.4 is 23.7 Å². The molecule has 4 rings (SSSR count). The second-order valence-corrected chi connectivity index (χ2v) is 8.36. The zero-order chi connectivity index (χ0) is 24.2. The second kappa shape index (κ2) is 10.2. The van der Waals surface area contributed by atoms with Gasteiger partial charge in [0, 0.05) is 34.4 Å². The quantitative estimate of drug-likeness (QED) is 0.469. The molecule has 0 saturated heterocycles. The predicted octanol–water partition coefficient (Wildman–Crippen LogP) is 5.59. The molecule has 6 nitrogen and oxygen atoms in total. The van der Waals surface area contributed by atoms with E-state index >= 15 is 0 Å². The van der Waals surface area contributed by atoms with Gasteiger partial charge < -0.3 is 28.8 Å². The highest BCUT2D eigenvalue weighted by molar-refractivity contribution is 5.60. The van der Waals surface area contributed by atoms with Gasteiger partial charge in [0.1, 0.15) is 40.6 Å². The Morgan fingerprint density at radius 1 is 0.853 bits per heavy atom. The van der Waals surface area contributed by atoms with Crippen molar-refractivity contribution in [2.45, 2.75) is 38.7 Å². The number of phenols is 1. The van der Waals surface area contributed by atoms with Crippen molar-refractivity contribution in [3.8, 4) is 34.5 Å². The van der Waals surface area contributed by atoms with E-state index < -0.39 is 0 Å². The Balaban J connectivity index is 1.74. The molecular formula is C28H32O6. The third-order valence-electron chi connectivity index (χ3n) is 6.54. The lowest BCUT2D eigenvalue weighted by molar-refractivity contribution is 0.171. The van der Waals surface area contributed by atoms with Crippen LogP contribution in [-0.4, -0.2) is 33.5 Å². The minimum Gasteiger partial charge on any atom is -0.507 e. The molecule has 3 aromatic carbocycles. The van der Waals surface area contributed by atoms with E-state index in [-0.39, 0.29) is 11.9 Å². The smallest absolute Gasteiger partial charge is 0.134 e. The number of methoxy groups -OCH3 is 4. The molecule has 1 atom stereocenters. The van der Waals surface area contributed by atoms with Crippen LogP contribution in [0.2, 0.25) is 0 Å². The first kappa shape index (κ1) is 23.6. The van der Waals surface area contributed by atoms with Gasteiger partial charge in [-0.2, -0.15) is 0 Å². The number of hydrogen-bond donors (Lipinski definition) is 1. The standard InChI is InChI=1S/C28H32O6/c1-17-24(30-2)15-22(29)19(27(17)33-5)11-12-20-25(31-3)16-26(32-4)21-13-14-23(34-28(20)21)18-9-7-6-8-10-18/h6-10,15-16,23,29H,11-14H2,1-5H3/t23-/m0/s1. The van der Waals surface area contributed by atoms with E-state index in [4.69, 9.17) is 23.7 Å². The maximum absolute atomic E-state index is 10.7. The van der Waals surface area contributed by atoms with E-state index in [0.717, 1.165) is 52.2 Å². The maximum Gasteiger partial charge on any atom is 0.134 e. The van der Waals surface area contributed by atoms with Crippen LogP contribution in [-0.2, 0) is 19.3 Å². The minimum absolute atomic E-state index is 0.0459. The monoisotopic (exact) mass is 464 g/mol. The summed E-state index contributed by atoms with van der Waals surface area (Å²) in [6, 6.07) is 13.8. The predicted molar refractivity (Wildman–Crippen MR) is 131 cm³/mol. The number of benzene rings is 3. The second-order valence-electron chi connectivity index (χ2n) is 8.36. The summed E-state index contributed by atoms with van der Waals surface area (Å²) in [6.07, 6.45) is 2.79. The van der Waals surface area contributed by atoms with Crippen molar-refractivity contribution >= 4 is 0 Å². The van der Waals surface area contributed by atoms with Crippen molar-refractivity contribution in [2.75, 3.05) is 28.4 Å². The van der Waals surface area contributed by atoms with Gasteiger partial charge in [0.2, 0.25) is 0 Å². The van der Waals surface area contributed by atoms with Crippen LogP contribution in [0.1, 0.15) is 40.3 Å². The van der Waals surface area contributed by atoms with Crippen molar-refractivity contribution in [3.63, 3.8) is 0 Å². The van der Waals surface area contributed by atoms with Crippen molar-refractivity contribution in [1.29, 1.82) is 0 Å². The van der Waals surface area contributed by atoms with Gasteiger partial charge in [0.05, 0.1) is 28.4 Å². The van der Waals surface area contributed by atoms with Gasteiger partial charge in [0.15, 0.2) is 0 Å². The highest BCUT2D eigenvalue weighted by atomic mass is 16.5. The first-order valence-electron chi connectivity index (χ1n) is 11.4. The Morgan fingerprint density at radius 3 is 2.18 bits per heavy atom. The fourth-order valence-corrected chi connectivity index (χ4v) is 4.81. The molecule has 6 heteroatoms. The van der Waals surface area contributed by atoms with Gasteiger partial charge in [-0.05, 0) is 38.2 Å². The van der Waals surface area contributed by atoms with E-state index in [2.05, 4.69) is 12.1 Å². The molecule has 1 aliphatic heterocycles. The largest absolute Gasteiger partial charge is 0.507 e. The Labute approximate surface area is 201 Å². The van der Waals surface area contributed by atoms with Gasteiger partial charge in [-0.3, -0.25) is 0 Å². The highest BCUT2D eigenvalue weighted by Crippen LogP contribution is 2.47. The van der Waals surface area contributed by atoms with Crippen LogP contribution in [0, 0.1) is 6.92 Å². The number of fused-ring (bicyclic) bond motifs is 1. The summed E-state index contributed by atoms with van der Waals surface area (Å²) < 4.78 is 29.1. The highest BCUT2D eigenvalue weighted by Gasteiger charge is 2.29. The van der Waals surface area contributed by atoms with E-state index in [1.807, 2.05) is 31.2 Å². The molecule has 0 bridgehead atoms. The molecule has 0 spiro atoms. The lowest BCUT2D eigenvalue weighted by atomic mass is 9.92. The average Bonchev–Trinajstić information content (AvgIpc) is 2.88. The topological polar surface area (TPSA) is 66.4 Å². The number of ether oxygens (including phenoxy) is 5. The SMILES string of the molecule is COc1cc(O)c(CCc2c(OC)cc(OC)c3c2O[C@H](c2ccccc2)CC3)c(OC)c1C. The molecule has 0 amide bonds.